The standard InChI is InChI=1S/C10H18/c1-7-5-8(2)10(4)9(3)6-7/h7,9-10H,2,5-6H2,1,3-4H3. The third-order valence-corrected chi connectivity index (χ3v) is 2.88. The quantitative estimate of drug-likeness (QED) is 0.451. The molecule has 0 aliphatic heterocycles. The van der Waals surface area contributed by atoms with Crippen LogP contribution in [-0.4, -0.2) is 0 Å². The first kappa shape index (κ1) is 7.84. The lowest BCUT2D eigenvalue weighted by atomic mass is 9.74. The van der Waals surface area contributed by atoms with Crippen molar-refractivity contribution in [3.8, 4) is 0 Å². The highest BCUT2D eigenvalue weighted by Crippen LogP contribution is 2.35. The first-order chi connectivity index (χ1) is 4.61. The molecule has 1 aliphatic rings. The number of hydrogen-bond donors (Lipinski definition) is 0. The minimum absolute atomic E-state index is 0.760. The molecule has 58 valence electrons. The summed E-state index contributed by atoms with van der Waals surface area (Å²) in [6.45, 7) is 11.1. The summed E-state index contributed by atoms with van der Waals surface area (Å²) in [7, 11) is 0. The van der Waals surface area contributed by atoms with Crippen LogP contribution in [0.25, 0.3) is 0 Å². The summed E-state index contributed by atoms with van der Waals surface area (Å²) < 4.78 is 0. The summed E-state index contributed by atoms with van der Waals surface area (Å²) in [4.78, 5) is 0. The molecule has 0 radical (unpaired) electrons. The van der Waals surface area contributed by atoms with E-state index in [2.05, 4.69) is 27.4 Å². The fourth-order valence-electron chi connectivity index (χ4n) is 1.96. The molecule has 0 aromatic carbocycles. The second-order valence-electron chi connectivity index (χ2n) is 3.97. The summed E-state index contributed by atoms with van der Waals surface area (Å²) in [5.74, 6) is 2.49. The van der Waals surface area contributed by atoms with Gasteiger partial charge in [-0.15, -0.1) is 0 Å². The highest BCUT2D eigenvalue weighted by molar-refractivity contribution is 5.05. The molecular weight excluding hydrogens is 120 g/mol. The monoisotopic (exact) mass is 138 g/mol. The van der Waals surface area contributed by atoms with E-state index in [4.69, 9.17) is 0 Å². The number of hydrogen-bond acceptors (Lipinski definition) is 0. The van der Waals surface area contributed by atoms with Gasteiger partial charge in [-0.25, -0.2) is 0 Å². The van der Waals surface area contributed by atoms with E-state index in [0.29, 0.717) is 0 Å². The van der Waals surface area contributed by atoms with Gasteiger partial charge in [-0.1, -0.05) is 32.9 Å². The second kappa shape index (κ2) is 2.77. The topological polar surface area (TPSA) is 0 Å². The molecule has 0 spiro atoms. The van der Waals surface area contributed by atoms with E-state index in [1.165, 1.54) is 18.4 Å². The molecule has 0 N–H and O–H groups in total. The Morgan fingerprint density at radius 3 is 2.40 bits per heavy atom. The van der Waals surface area contributed by atoms with Gasteiger partial charge in [0.05, 0.1) is 0 Å². The molecule has 1 rings (SSSR count). The molecule has 0 bridgehead atoms. The molecule has 3 atom stereocenters. The van der Waals surface area contributed by atoms with Crippen LogP contribution < -0.4 is 0 Å². The molecule has 0 aromatic heterocycles. The van der Waals surface area contributed by atoms with Crippen molar-refractivity contribution in [1.29, 1.82) is 0 Å². The molecule has 3 unspecified atom stereocenters. The normalized spacial score (nSPS) is 41.9. The Labute approximate surface area is 64.3 Å². The van der Waals surface area contributed by atoms with Crippen LogP contribution in [-0.2, 0) is 0 Å². The smallest absolute Gasteiger partial charge is 0.0208 e. The fraction of sp³-hybridized carbons (Fsp3) is 0.800. The van der Waals surface area contributed by atoms with Crippen molar-refractivity contribution < 1.29 is 0 Å². The van der Waals surface area contributed by atoms with Gasteiger partial charge in [0.15, 0.2) is 0 Å². The Bertz CT molecular complexity index is 135. The lowest BCUT2D eigenvalue weighted by Gasteiger charge is -2.32. The maximum atomic E-state index is 4.10. The zero-order valence-corrected chi connectivity index (χ0v) is 7.35. The van der Waals surface area contributed by atoms with E-state index in [0.717, 1.165) is 17.8 Å². The van der Waals surface area contributed by atoms with Crippen molar-refractivity contribution in [2.75, 3.05) is 0 Å². The van der Waals surface area contributed by atoms with Gasteiger partial charge < -0.3 is 0 Å². The van der Waals surface area contributed by atoms with Crippen LogP contribution in [0.2, 0.25) is 0 Å². The molecule has 0 nitrogen and oxygen atoms in total. The Morgan fingerprint density at radius 1 is 1.30 bits per heavy atom. The Balaban J connectivity index is 2.57. The van der Waals surface area contributed by atoms with Crippen LogP contribution in [0.15, 0.2) is 12.2 Å². The van der Waals surface area contributed by atoms with Crippen molar-refractivity contribution in [3.63, 3.8) is 0 Å². The number of allylic oxidation sites excluding steroid dienone is 1. The molecule has 0 amide bonds. The minimum Gasteiger partial charge on any atom is -0.0996 e. The van der Waals surface area contributed by atoms with Gasteiger partial charge in [0.1, 0.15) is 0 Å². The van der Waals surface area contributed by atoms with Crippen LogP contribution >= 0.6 is 0 Å². The van der Waals surface area contributed by atoms with E-state index in [1.54, 1.807) is 0 Å². The molecule has 1 aliphatic carbocycles. The lowest BCUT2D eigenvalue weighted by molar-refractivity contribution is 0.286. The molecule has 0 heterocycles. The highest BCUT2D eigenvalue weighted by atomic mass is 14.3. The molecule has 0 aromatic rings. The lowest BCUT2D eigenvalue weighted by Crippen LogP contribution is -2.20. The largest absolute Gasteiger partial charge is 0.0996 e. The first-order valence-electron chi connectivity index (χ1n) is 4.29. The molecule has 0 heteroatoms. The van der Waals surface area contributed by atoms with Crippen molar-refractivity contribution in [2.45, 2.75) is 33.6 Å². The molecule has 1 fully saturated rings. The average molecular weight is 138 g/mol. The van der Waals surface area contributed by atoms with Crippen LogP contribution in [0, 0.1) is 17.8 Å². The van der Waals surface area contributed by atoms with Crippen molar-refractivity contribution in [1.82, 2.24) is 0 Å². The predicted octanol–water partition coefficient (Wildman–Crippen LogP) is 3.24. The Hall–Kier alpha value is -0.260. The molecule has 1 saturated carbocycles. The average Bonchev–Trinajstić information content (AvgIpc) is 1.82. The van der Waals surface area contributed by atoms with Crippen molar-refractivity contribution in [2.24, 2.45) is 17.8 Å². The third-order valence-electron chi connectivity index (χ3n) is 2.88. The Morgan fingerprint density at radius 2 is 1.90 bits per heavy atom. The summed E-state index contributed by atoms with van der Waals surface area (Å²) in [5.41, 5.74) is 1.46. The van der Waals surface area contributed by atoms with E-state index < -0.39 is 0 Å². The van der Waals surface area contributed by atoms with Crippen LogP contribution in [0.5, 0.6) is 0 Å². The van der Waals surface area contributed by atoms with E-state index in [1.807, 2.05) is 0 Å². The summed E-state index contributed by atoms with van der Waals surface area (Å²) in [5, 5.41) is 0. The SMILES string of the molecule is C=C1CC(C)CC(C)C1C. The molecular formula is C10H18. The van der Waals surface area contributed by atoms with Gasteiger partial charge in [-0.3, -0.25) is 0 Å². The maximum absolute atomic E-state index is 4.10. The van der Waals surface area contributed by atoms with Crippen LogP contribution in [0.1, 0.15) is 33.6 Å². The first-order valence-corrected chi connectivity index (χ1v) is 4.29. The molecule has 10 heavy (non-hydrogen) atoms. The van der Waals surface area contributed by atoms with Gasteiger partial charge in [0.25, 0.3) is 0 Å². The minimum atomic E-state index is 0.760. The Kier molecular flexibility index (Phi) is 2.18. The third kappa shape index (κ3) is 1.42. The zero-order chi connectivity index (χ0) is 7.72. The maximum Gasteiger partial charge on any atom is -0.0208 e. The van der Waals surface area contributed by atoms with Gasteiger partial charge >= 0.3 is 0 Å². The summed E-state index contributed by atoms with van der Waals surface area (Å²) >= 11 is 0. The van der Waals surface area contributed by atoms with Gasteiger partial charge in [0.2, 0.25) is 0 Å². The van der Waals surface area contributed by atoms with Crippen LogP contribution in [0.3, 0.4) is 0 Å². The summed E-state index contributed by atoms with van der Waals surface area (Å²) in [6.07, 6.45) is 2.64. The van der Waals surface area contributed by atoms with Crippen LogP contribution in [0.4, 0.5) is 0 Å². The van der Waals surface area contributed by atoms with E-state index in [-0.39, 0.29) is 0 Å². The summed E-state index contributed by atoms with van der Waals surface area (Å²) in [6, 6.07) is 0. The van der Waals surface area contributed by atoms with Crippen molar-refractivity contribution in [3.05, 3.63) is 12.2 Å². The fourth-order valence-corrected chi connectivity index (χ4v) is 1.96. The molecule has 0 saturated heterocycles. The highest BCUT2D eigenvalue weighted by Gasteiger charge is 2.24. The van der Waals surface area contributed by atoms with Gasteiger partial charge in [-0.2, -0.15) is 0 Å². The van der Waals surface area contributed by atoms with E-state index in [9.17, 15) is 0 Å². The second-order valence-corrected chi connectivity index (χ2v) is 3.97. The van der Waals surface area contributed by atoms with E-state index >= 15 is 0 Å². The van der Waals surface area contributed by atoms with Gasteiger partial charge in [0, 0.05) is 0 Å². The van der Waals surface area contributed by atoms with Gasteiger partial charge in [-0.05, 0) is 30.6 Å². The number of rotatable bonds is 0. The zero-order valence-electron chi connectivity index (χ0n) is 7.35. The van der Waals surface area contributed by atoms with Crippen molar-refractivity contribution >= 4 is 0 Å². The predicted molar refractivity (Wildman–Crippen MR) is 45.9 cm³/mol.